The lowest BCUT2D eigenvalue weighted by Crippen LogP contribution is -2.41. The molecule has 3 rings (SSSR count). The summed E-state index contributed by atoms with van der Waals surface area (Å²) in [6, 6.07) is 7.74. The molecule has 0 bridgehead atoms. The molecule has 1 atom stereocenters. The number of halogens is 1. The molecule has 0 radical (unpaired) electrons. The Kier molecular flexibility index (Phi) is 3.47. The largest absolute Gasteiger partial charge is 0.508 e. The highest BCUT2D eigenvalue weighted by Crippen LogP contribution is 2.31. The van der Waals surface area contributed by atoms with Gasteiger partial charge in [-0.15, -0.1) is 11.6 Å². The highest BCUT2D eigenvalue weighted by molar-refractivity contribution is 6.18. The maximum Gasteiger partial charge on any atom is 0.136 e. The molecule has 0 saturated carbocycles. The first kappa shape index (κ1) is 12.5. The van der Waals surface area contributed by atoms with Crippen molar-refractivity contribution in [2.45, 2.75) is 25.3 Å². The third-order valence-electron chi connectivity index (χ3n) is 3.81. The van der Waals surface area contributed by atoms with Gasteiger partial charge < -0.3 is 10.0 Å². The van der Waals surface area contributed by atoms with Crippen LogP contribution in [0, 0.1) is 0 Å². The van der Waals surface area contributed by atoms with Crippen molar-refractivity contribution < 1.29 is 5.11 Å². The van der Waals surface area contributed by atoms with E-state index in [0.29, 0.717) is 11.9 Å². The molecule has 1 aromatic carbocycles. The predicted molar refractivity (Wildman–Crippen MR) is 79.1 cm³/mol. The molecule has 1 aromatic heterocycles. The lowest BCUT2D eigenvalue weighted by atomic mass is 10.0. The molecule has 0 spiro atoms. The van der Waals surface area contributed by atoms with E-state index in [0.717, 1.165) is 29.6 Å². The second kappa shape index (κ2) is 5.25. The third-order valence-corrected chi connectivity index (χ3v) is 4.16. The summed E-state index contributed by atoms with van der Waals surface area (Å²) < 4.78 is 0. The number of alkyl halides is 1. The van der Waals surface area contributed by atoms with Gasteiger partial charge in [-0.2, -0.15) is 0 Å². The second-order valence-corrected chi connectivity index (χ2v) is 5.35. The van der Waals surface area contributed by atoms with Gasteiger partial charge in [-0.05, 0) is 42.8 Å². The monoisotopic (exact) mass is 276 g/mol. The molecule has 100 valence electrons. The maximum absolute atomic E-state index is 9.70. The molecule has 1 fully saturated rings. The number of nitrogens with zero attached hydrogens (tertiary/aromatic N) is 2. The molecule has 1 aliphatic heterocycles. The summed E-state index contributed by atoms with van der Waals surface area (Å²) in [6.07, 6.45) is 5.34. The van der Waals surface area contributed by atoms with Crippen molar-refractivity contribution in [2.24, 2.45) is 0 Å². The van der Waals surface area contributed by atoms with E-state index in [2.05, 4.69) is 9.88 Å². The fourth-order valence-corrected chi connectivity index (χ4v) is 3.13. The number of aromatic nitrogens is 1. The molecule has 0 amide bonds. The number of anilines is 1. The van der Waals surface area contributed by atoms with Crippen LogP contribution in [0.2, 0.25) is 0 Å². The summed E-state index contributed by atoms with van der Waals surface area (Å²) in [7, 11) is 0. The van der Waals surface area contributed by atoms with Gasteiger partial charge in [0.1, 0.15) is 11.6 Å². The molecule has 4 heteroatoms. The van der Waals surface area contributed by atoms with Crippen LogP contribution in [0.3, 0.4) is 0 Å². The van der Waals surface area contributed by atoms with Crippen LogP contribution in [-0.4, -0.2) is 28.6 Å². The first-order valence-corrected chi connectivity index (χ1v) is 7.23. The summed E-state index contributed by atoms with van der Waals surface area (Å²) in [4.78, 5) is 6.82. The lowest BCUT2D eigenvalue weighted by Gasteiger charge is -2.36. The Labute approximate surface area is 117 Å². The third kappa shape index (κ3) is 2.35. The van der Waals surface area contributed by atoms with Crippen LogP contribution < -0.4 is 4.90 Å². The zero-order valence-corrected chi connectivity index (χ0v) is 11.5. The number of phenols is 1. The molecule has 1 N–H and O–H groups in total. The van der Waals surface area contributed by atoms with Crippen LogP contribution in [0.1, 0.15) is 19.3 Å². The minimum atomic E-state index is 0.279. The van der Waals surface area contributed by atoms with E-state index in [1.54, 1.807) is 12.1 Å². The highest BCUT2D eigenvalue weighted by atomic mass is 35.5. The smallest absolute Gasteiger partial charge is 0.136 e. The van der Waals surface area contributed by atoms with Crippen LogP contribution in [0.5, 0.6) is 5.75 Å². The normalized spacial score (nSPS) is 19.8. The summed E-state index contributed by atoms with van der Waals surface area (Å²) in [5.74, 6) is 1.84. The standard InChI is InChI=1S/C15H17ClN2O/c16-10-12-3-1-2-8-18(12)15-14-9-13(19)5-4-11(14)6-7-17-15/h4-7,9,12,19H,1-3,8,10H2. The van der Waals surface area contributed by atoms with Gasteiger partial charge in [0.05, 0.1) is 0 Å². The van der Waals surface area contributed by atoms with E-state index in [9.17, 15) is 5.11 Å². The summed E-state index contributed by atoms with van der Waals surface area (Å²) >= 11 is 6.09. The number of phenolic OH excluding ortho intramolecular Hbond substituents is 1. The van der Waals surface area contributed by atoms with E-state index in [1.807, 2.05) is 18.3 Å². The van der Waals surface area contributed by atoms with Gasteiger partial charge in [-0.1, -0.05) is 6.07 Å². The van der Waals surface area contributed by atoms with Crippen molar-refractivity contribution in [1.82, 2.24) is 4.98 Å². The number of hydrogen-bond acceptors (Lipinski definition) is 3. The fraction of sp³-hybridized carbons (Fsp3) is 0.400. The number of hydrogen-bond donors (Lipinski definition) is 1. The molecule has 1 unspecified atom stereocenters. The van der Waals surface area contributed by atoms with Crippen molar-refractivity contribution >= 4 is 28.2 Å². The van der Waals surface area contributed by atoms with Crippen molar-refractivity contribution in [1.29, 1.82) is 0 Å². The number of benzene rings is 1. The molecular weight excluding hydrogens is 260 g/mol. The van der Waals surface area contributed by atoms with Crippen molar-refractivity contribution in [2.75, 3.05) is 17.3 Å². The number of piperidine rings is 1. The van der Waals surface area contributed by atoms with Gasteiger partial charge in [-0.3, -0.25) is 0 Å². The molecular formula is C15H17ClN2O. The van der Waals surface area contributed by atoms with Gasteiger partial charge in [0.15, 0.2) is 0 Å². The first-order valence-electron chi connectivity index (χ1n) is 6.70. The molecule has 19 heavy (non-hydrogen) atoms. The molecule has 2 aromatic rings. The van der Waals surface area contributed by atoms with Gasteiger partial charge in [-0.25, -0.2) is 4.98 Å². The Balaban J connectivity index is 2.10. The van der Waals surface area contributed by atoms with Crippen LogP contribution in [0.4, 0.5) is 5.82 Å². The fourth-order valence-electron chi connectivity index (χ4n) is 2.81. The van der Waals surface area contributed by atoms with Crippen LogP contribution in [0.25, 0.3) is 10.8 Å². The Bertz CT molecular complexity index is 587. The lowest BCUT2D eigenvalue weighted by molar-refractivity contribution is 0.475. The minimum absolute atomic E-state index is 0.279. The van der Waals surface area contributed by atoms with Crippen molar-refractivity contribution in [3.8, 4) is 5.75 Å². The number of fused-ring (bicyclic) bond motifs is 1. The molecule has 3 nitrogen and oxygen atoms in total. The molecule has 2 heterocycles. The predicted octanol–water partition coefficient (Wildman–Crippen LogP) is 3.54. The van der Waals surface area contributed by atoms with Crippen molar-refractivity contribution in [3.63, 3.8) is 0 Å². The minimum Gasteiger partial charge on any atom is -0.508 e. The number of aromatic hydroxyl groups is 1. The zero-order valence-electron chi connectivity index (χ0n) is 10.7. The van der Waals surface area contributed by atoms with Crippen LogP contribution in [0.15, 0.2) is 30.5 Å². The highest BCUT2D eigenvalue weighted by Gasteiger charge is 2.24. The SMILES string of the molecule is Oc1ccc2ccnc(N3CCCCC3CCl)c2c1. The molecule has 1 aliphatic rings. The first-order chi connectivity index (χ1) is 9.29. The maximum atomic E-state index is 9.70. The Morgan fingerprint density at radius 2 is 2.21 bits per heavy atom. The topological polar surface area (TPSA) is 36.4 Å². The van der Waals surface area contributed by atoms with E-state index >= 15 is 0 Å². The van der Waals surface area contributed by atoms with E-state index in [1.165, 1.54) is 12.8 Å². The number of pyridine rings is 1. The van der Waals surface area contributed by atoms with Gasteiger partial charge in [0, 0.05) is 30.0 Å². The molecule has 0 aliphatic carbocycles. The molecule has 1 saturated heterocycles. The van der Waals surface area contributed by atoms with E-state index < -0.39 is 0 Å². The van der Waals surface area contributed by atoms with Crippen molar-refractivity contribution in [3.05, 3.63) is 30.5 Å². The van der Waals surface area contributed by atoms with Crippen LogP contribution >= 0.6 is 11.6 Å². The average molecular weight is 277 g/mol. The Hall–Kier alpha value is -1.48. The second-order valence-electron chi connectivity index (χ2n) is 5.04. The Morgan fingerprint density at radius 1 is 1.32 bits per heavy atom. The number of rotatable bonds is 2. The average Bonchev–Trinajstić information content (AvgIpc) is 2.46. The van der Waals surface area contributed by atoms with E-state index in [4.69, 9.17) is 11.6 Å². The van der Waals surface area contributed by atoms with Gasteiger partial charge in [0.2, 0.25) is 0 Å². The Morgan fingerprint density at radius 3 is 3.05 bits per heavy atom. The van der Waals surface area contributed by atoms with E-state index in [-0.39, 0.29) is 5.75 Å². The zero-order chi connectivity index (χ0) is 13.2. The van der Waals surface area contributed by atoms with Gasteiger partial charge >= 0.3 is 0 Å². The quantitative estimate of drug-likeness (QED) is 0.853. The van der Waals surface area contributed by atoms with Crippen LogP contribution in [-0.2, 0) is 0 Å². The summed E-state index contributed by atoms with van der Waals surface area (Å²) in [6.45, 7) is 0.985. The van der Waals surface area contributed by atoms with Gasteiger partial charge in [0.25, 0.3) is 0 Å². The summed E-state index contributed by atoms with van der Waals surface area (Å²) in [5, 5.41) is 11.8. The summed E-state index contributed by atoms with van der Waals surface area (Å²) in [5.41, 5.74) is 0.